The van der Waals surface area contributed by atoms with Gasteiger partial charge in [0.2, 0.25) is 5.91 Å². The lowest BCUT2D eigenvalue weighted by Crippen LogP contribution is -2.46. The Balaban J connectivity index is 2.18. The highest BCUT2D eigenvalue weighted by Crippen LogP contribution is 2.27. The first-order valence-electron chi connectivity index (χ1n) is 7.67. The summed E-state index contributed by atoms with van der Waals surface area (Å²) in [5.74, 6) is -0.533. The van der Waals surface area contributed by atoms with Crippen LogP contribution >= 0.6 is 0 Å². The van der Waals surface area contributed by atoms with Crippen LogP contribution in [0, 0.1) is 0 Å². The molecule has 2 atom stereocenters. The first-order valence-corrected chi connectivity index (χ1v) is 7.67. The van der Waals surface area contributed by atoms with E-state index in [9.17, 15) is 23.1 Å². The summed E-state index contributed by atoms with van der Waals surface area (Å²) in [7, 11) is 0. The maximum Gasteiger partial charge on any atom is 0.406 e. The molecule has 0 unspecified atom stereocenters. The molecular formula is C16H21F3N2O2. The standard InChI is InChI=1S/C16H21F3N2O2/c1-2-13(22)10-21(12-6-4-3-5-7-12)14-8-9-20(15(14)23)11-16(17,18)19/h3-7,13-14,22H,2,8-11H2,1H3/t13-,14+/m1/s1. The molecule has 4 nitrogen and oxygen atoms in total. The lowest BCUT2D eigenvalue weighted by Gasteiger charge is -2.32. The molecule has 1 fully saturated rings. The number of carbonyl (C=O) groups is 1. The smallest absolute Gasteiger partial charge is 0.391 e. The van der Waals surface area contributed by atoms with Gasteiger partial charge in [0.25, 0.3) is 0 Å². The normalized spacial score (nSPS) is 20.0. The summed E-state index contributed by atoms with van der Waals surface area (Å²) < 4.78 is 37.6. The third kappa shape index (κ3) is 4.60. The van der Waals surface area contributed by atoms with E-state index in [4.69, 9.17) is 0 Å². The van der Waals surface area contributed by atoms with Crippen LogP contribution in [-0.2, 0) is 4.79 Å². The van der Waals surface area contributed by atoms with Crippen LogP contribution in [0.15, 0.2) is 30.3 Å². The van der Waals surface area contributed by atoms with Gasteiger partial charge in [0.15, 0.2) is 0 Å². The van der Waals surface area contributed by atoms with E-state index in [1.807, 2.05) is 13.0 Å². The fraction of sp³-hybridized carbons (Fsp3) is 0.562. The molecule has 1 aliphatic heterocycles. The third-order valence-corrected chi connectivity index (χ3v) is 3.98. The van der Waals surface area contributed by atoms with Crippen molar-refractivity contribution in [2.24, 2.45) is 0 Å². The molecule has 0 aromatic heterocycles. The minimum atomic E-state index is -4.40. The molecule has 1 aromatic rings. The van der Waals surface area contributed by atoms with Gasteiger partial charge in [-0.25, -0.2) is 0 Å². The Morgan fingerprint density at radius 3 is 2.57 bits per heavy atom. The minimum absolute atomic E-state index is 0.0779. The van der Waals surface area contributed by atoms with Gasteiger partial charge in [0, 0.05) is 18.8 Å². The SMILES string of the molecule is CC[C@@H](O)CN(c1ccccc1)[C@H]1CCN(CC(F)(F)F)C1=O. The molecule has 0 spiro atoms. The van der Waals surface area contributed by atoms with Gasteiger partial charge in [0.05, 0.1) is 6.10 Å². The van der Waals surface area contributed by atoms with Crippen molar-refractivity contribution < 1.29 is 23.1 Å². The monoisotopic (exact) mass is 330 g/mol. The summed E-state index contributed by atoms with van der Waals surface area (Å²) >= 11 is 0. The number of rotatable bonds is 6. The molecule has 0 bridgehead atoms. The Morgan fingerprint density at radius 2 is 2.00 bits per heavy atom. The van der Waals surface area contributed by atoms with Gasteiger partial charge >= 0.3 is 6.18 Å². The summed E-state index contributed by atoms with van der Waals surface area (Å²) in [5.41, 5.74) is 0.729. The number of likely N-dealkylation sites (tertiary alicyclic amines) is 1. The molecule has 1 aromatic carbocycles. The second-order valence-corrected chi connectivity index (χ2v) is 5.73. The van der Waals surface area contributed by atoms with Gasteiger partial charge in [-0.05, 0) is 25.0 Å². The van der Waals surface area contributed by atoms with Crippen LogP contribution in [0.4, 0.5) is 18.9 Å². The molecule has 2 rings (SSSR count). The van der Waals surface area contributed by atoms with Crippen molar-refractivity contribution in [2.45, 2.75) is 38.1 Å². The van der Waals surface area contributed by atoms with Gasteiger partial charge in [0.1, 0.15) is 12.6 Å². The van der Waals surface area contributed by atoms with Crippen LogP contribution in [0.2, 0.25) is 0 Å². The number of carbonyl (C=O) groups excluding carboxylic acids is 1. The van der Waals surface area contributed by atoms with Crippen molar-refractivity contribution in [1.29, 1.82) is 0 Å². The fourth-order valence-corrected chi connectivity index (χ4v) is 2.77. The van der Waals surface area contributed by atoms with Crippen molar-refractivity contribution in [3.05, 3.63) is 30.3 Å². The van der Waals surface area contributed by atoms with Crippen LogP contribution < -0.4 is 4.90 Å². The van der Waals surface area contributed by atoms with E-state index in [1.54, 1.807) is 29.2 Å². The van der Waals surface area contributed by atoms with E-state index < -0.39 is 30.8 Å². The Bertz CT molecular complexity index is 522. The summed E-state index contributed by atoms with van der Waals surface area (Å²) in [4.78, 5) is 14.9. The van der Waals surface area contributed by atoms with E-state index in [2.05, 4.69) is 0 Å². The molecule has 1 N–H and O–H groups in total. The number of benzene rings is 1. The zero-order chi connectivity index (χ0) is 17.0. The number of aliphatic hydroxyl groups excluding tert-OH is 1. The largest absolute Gasteiger partial charge is 0.406 e. The highest BCUT2D eigenvalue weighted by atomic mass is 19.4. The first-order chi connectivity index (χ1) is 10.8. The second kappa shape index (κ2) is 7.21. The molecule has 0 aliphatic carbocycles. The quantitative estimate of drug-likeness (QED) is 0.871. The summed E-state index contributed by atoms with van der Waals surface area (Å²) in [5, 5.41) is 9.94. The lowest BCUT2D eigenvalue weighted by molar-refractivity contribution is -0.157. The molecular weight excluding hydrogens is 309 g/mol. The van der Waals surface area contributed by atoms with Gasteiger partial charge in [-0.15, -0.1) is 0 Å². The number of halogens is 3. The van der Waals surface area contributed by atoms with Crippen molar-refractivity contribution in [3.8, 4) is 0 Å². The van der Waals surface area contributed by atoms with Crippen molar-refractivity contribution in [2.75, 3.05) is 24.5 Å². The topological polar surface area (TPSA) is 43.8 Å². The molecule has 0 radical (unpaired) electrons. The van der Waals surface area contributed by atoms with E-state index >= 15 is 0 Å². The lowest BCUT2D eigenvalue weighted by atomic mass is 10.1. The molecule has 1 aliphatic rings. The molecule has 1 saturated heterocycles. The summed E-state index contributed by atoms with van der Waals surface area (Å²) in [6.45, 7) is 0.896. The predicted octanol–water partition coefficient (Wildman–Crippen LogP) is 2.43. The number of alkyl halides is 3. The minimum Gasteiger partial charge on any atom is -0.391 e. The van der Waals surface area contributed by atoms with E-state index in [0.717, 1.165) is 10.6 Å². The van der Waals surface area contributed by atoms with Gasteiger partial charge in [-0.1, -0.05) is 25.1 Å². The Kier molecular flexibility index (Phi) is 5.51. The maximum absolute atomic E-state index is 12.5. The van der Waals surface area contributed by atoms with Crippen LogP contribution in [0.5, 0.6) is 0 Å². The Labute approximate surface area is 133 Å². The third-order valence-electron chi connectivity index (χ3n) is 3.98. The van der Waals surface area contributed by atoms with Crippen LogP contribution in [0.1, 0.15) is 19.8 Å². The highest BCUT2D eigenvalue weighted by molar-refractivity contribution is 5.87. The van der Waals surface area contributed by atoms with Crippen molar-refractivity contribution in [3.63, 3.8) is 0 Å². The summed E-state index contributed by atoms with van der Waals surface area (Å²) in [6, 6.07) is 8.34. The van der Waals surface area contributed by atoms with Gasteiger partial charge < -0.3 is 14.9 Å². The van der Waals surface area contributed by atoms with Gasteiger partial charge in [-0.2, -0.15) is 13.2 Å². The van der Waals surface area contributed by atoms with E-state index in [0.29, 0.717) is 12.8 Å². The summed E-state index contributed by atoms with van der Waals surface area (Å²) in [6.07, 6.45) is -4.21. The Hall–Kier alpha value is -1.76. The maximum atomic E-state index is 12.5. The number of anilines is 1. The highest BCUT2D eigenvalue weighted by Gasteiger charge is 2.41. The number of amides is 1. The van der Waals surface area contributed by atoms with E-state index in [1.165, 1.54) is 0 Å². The fourth-order valence-electron chi connectivity index (χ4n) is 2.77. The number of hydrogen-bond acceptors (Lipinski definition) is 3. The van der Waals surface area contributed by atoms with Gasteiger partial charge in [-0.3, -0.25) is 4.79 Å². The zero-order valence-corrected chi connectivity index (χ0v) is 13.0. The molecule has 0 saturated carbocycles. The second-order valence-electron chi connectivity index (χ2n) is 5.73. The molecule has 1 heterocycles. The van der Waals surface area contributed by atoms with Crippen molar-refractivity contribution in [1.82, 2.24) is 4.90 Å². The van der Waals surface area contributed by atoms with E-state index in [-0.39, 0.29) is 13.1 Å². The number of nitrogens with zero attached hydrogens (tertiary/aromatic N) is 2. The van der Waals surface area contributed by atoms with Crippen LogP contribution in [-0.4, -0.2) is 53.9 Å². The Morgan fingerprint density at radius 1 is 1.35 bits per heavy atom. The number of hydrogen-bond donors (Lipinski definition) is 1. The van der Waals surface area contributed by atoms with Crippen LogP contribution in [0.3, 0.4) is 0 Å². The first kappa shape index (κ1) is 17.6. The zero-order valence-electron chi connectivity index (χ0n) is 13.0. The molecule has 1 amide bonds. The average Bonchev–Trinajstić information content (AvgIpc) is 2.84. The average molecular weight is 330 g/mol. The number of aliphatic hydroxyl groups is 1. The predicted molar refractivity (Wildman–Crippen MR) is 81.1 cm³/mol. The molecule has 23 heavy (non-hydrogen) atoms. The van der Waals surface area contributed by atoms with Crippen LogP contribution in [0.25, 0.3) is 0 Å². The molecule has 128 valence electrons. The number of para-hydroxylation sites is 1. The molecule has 7 heteroatoms. The van der Waals surface area contributed by atoms with Crippen molar-refractivity contribution >= 4 is 11.6 Å².